The maximum Gasteiger partial charge on any atom is 0.194 e. The van der Waals surface area contributed by atoms with Crippen molar-refractivity contribution in [2.75, 3.05) is 0 Å². The summed E-state index contributed by atoms with van der Waals surface area (Å²) in [5, 5.41) is 2.99. The van der Waals surface area contributed by atoms with Gasteiger partial charge in [-0.25, -0.2) is 0 Å². The molecule has 0 amide bonds. The van der Waals surface area contributed by atoms with Gasteiger partial charge in [-0.05, 0) is 53.4 Å². The van der Waals surface area contributed by atoms with Gasteiger partial charge in [-0.2, -0.15) is 0 Å². The van der Waals surface area contributed by atoms with E-state index in [9.17, 15) is 9.59 Å². The molecule has 0 spiro atoms. The summed E-state index contributed by atoms with van der Waals surface area (Å²) in [5.41, 5.74) is 2.07. The zero-order valence-corrected chi connectivity index (χ0v) is 13.7. The van der Waals surface area contributed by atoms with Gasteiger partial charge in [0.2, 0.25) is 0 Å². The number of aryl methyl sites for hydroxylation is 1. The third-order valence-electron chi connectivity index (χ3n) is 4.64. The second-order valence-corrected chi connectivity index (χ2v) is 7.48. The van der Waals surface area contributed by atoms with Crippen molar-refractivity contribution in [3.05, 3.63) is 81.7 Å². The summed E-state index contributed by atoms with van der Waals surface area (Å²) in [6, 6.07) is 17.3. The molecular formula is C21H12O2S. The summed E-state index contributed by atoms with van der Waals surface area (Å²) >= 11 is 1.65. The van der Waals surface area contributed by atoms with Crippen LogP contribution in [0.1, 0.15) is 36.7 Å². The predicted octanol–water partition coefficient (Wildman–Crippen LogP) is 5.14. The number of carbonyl (C=O) groups is 2. The first-order valence-electron chi connectivity index (χ1n) is 7.78. The number of fused-ring (bicyclic) bond motifs is 4. The summed E-state index contributed by atoms with van der Waals surface area (Å²) in [4.78, 5) is 27.2. The molecule has 0 saturated heterocycles. The fourth-order valence-electron chi connectivity index (χ4n) is 3.50. The van der Waals surface area contributed by atoms with Crippen molar-refractivity contribution in [3.8, 4) is 0 Å². The molecule has 114 valence electrons. The lowest BCUT2D eigenvalue weighted by molar-refractivity contribution is 0.0979. The smallest absolute Gasteiger partial charge is 0.194 e. The van der Waals surface area contributed by atoms with Crippen LogP contribution in [0, 0.1) is 6.92 Å². The minimum absolute atomic E-state index is 0.0571. The van der Waals surface area contributed by atoms with E-state index in [0.717, 1.165) is 20.9 Å². The van der Waals surface area contributed by atoms with Crippen LogP contribution < -0.4 is 0 Å². The molecule has 2 nitrogen and oxygen atoms in total. The zero-order valence-electron chi connectivity index (χ0n) is 12.9. The lowest BCUT2D eigenvalue weighted by Gasteiger charge is -2.18. The number of rotatable bonds is 0. The molecular weight excluding hydrogens is 316 g/mol. The molecule has 0 bridgehead atoms. The molecule has 0 radical (unpaired) electrons. The highest BCUT2D eigenvalue weighted by molar-refractivity contribution is 7.19. The molecule has 3 heteroatoms. The van der Waals surface area contributed by atoms with E-state index in [0.29, 0.717) is 22.3 Å². The Morgan fingerprint density at radius 2 is 1.17 bits per heavy atom. The Kier molecular flexibility index (Phi) is 2.62. The van der Waals surface area contributed by atoms with Crippen LogP contribution in [-0.2, 0) is 0 Å². The van der Waals surface area contributed by atoms with Gasteiger partial charge in [-0.3, -0.25) is 9.59 Å². The van der Waals surface area contributed by atoms with Gasteiger partial charge in [0.1, 0.15) is 0 Å². The van der Waals surface area contributed by atoms with Crippen LogP contribution in [0.4, 0.5) is 0 Å². The Morgan fingerprint density at radius 1 is 0.667 bits per heavy atom. The lowest BCUT2D eigenvalue weighted by atomic mass is 9.82. The van der Waals surface area contributed by atoms with Crippen molar-refractivity contribution < 1.29 is 9.59 Å². The number of benzene rings is 3. The van der Waals surface area contributed by atoms with Crippen LogP contribution in [0.15, 0.2) is 54.6 Å². The van der Waals surface area contributed by atoms with Crippen molar-refractivity contribution in [2.24, 2.45) is 0 Å². The number of hydrogen-bond acceptors (Lipinski definition) is 3. The number of thiophene rings is 1. The fraction of sp³-hybridized carbons (Fsp3) is 0.0476. The van der Waals surface area contributed by atoms with Gasteiger partial charge in [0, 0.05) is 31.8 Å². The van der Waals surface area contributed by atoms with E-state index in [-0.39, 0.29) is 11.6 Å². The minimum atomic E-state index is -0.0592. The molecule has 3 aromatic carbocycles. The van der Waals surface area contributed by atoms with Gasteiger partial charge in [-0.15, -0.1) is 11.3 Å². The molecule has 4 aromatic rings. The van der Waals surface area contributed by atoms with Gasteiger partial charge >= 0.3 is 0 Å². The Morgan fingerprint density at radius 3 is 1.75 bits per heavy atom. The molecule has 1 aromatic heterocycles. The Balaban J connectivity index is 1.84. The fourth-order valence-corrected chi connectivity index (χ4v) is 4.45. The maximum absolute atomic E-state index is 13.0. The van der Waals surface area contributed by atoms with Gasteiger partial charge in [0.15, 0.2) is 11.6 Å². The Labute approximate surface area is 142 Å². The second kappa shape index (κ2) is 4.62. The monoisotopic (exact) mass is 328 g/mol. The number of carbonyl (C=O) groups excluding carboxylic acids is 2. The topological polar surface area (TPSA) is 34.1 Å². The summed E-state index contributed by atoms with van der Waals surface area (Å²) in [7, 11) is 0. The average molecular weight is 328 g/mol. The SMILES string of the molecule is Cc1cc2cc3c(cc2s1)C(=O)c1cc2ccccc2cc1C3=O. The summed E-state index contributed by atoms with van der Waals surface area (Å²) < 4.78 is 1.05. The molecule has 5 rings (SSSR count). The van der Waals surface area contributed by atoms with Crippen molar-refractivity contribution in [1.29, 1.82) is 0 Å². The maximum atomic E-state index is 13.0. The molecule has 1 aliphatic rings. The van der Waals surface area contributed by atoms with Crippen molar-refractivity contribution in [2.45, 2.75) is 6.92 Å². The molecule has 24 heavy (non-hydrogen) atoms. The average Bonchev–Trinajstić information content (AvgIpc) is 2.96. The van der Waals surface area contributed by atoms with Gasteiger partial charge in [0.05, 0.1) is 0 Å². The molecule has 0 unspecified atom stereocenters. The van der Waals surface area contributed by atoms with E-state index in [1.165, 1.54) is 4.88 Å². The molecule has 0 N–H and O–H groups in total. The van der Waals surface area contributed by atoms with E-state index < -0.39 is 0 Å². The standard InChI is InChI=1S/C21H12O2S/c1-11-6-14-9-17-18(10-19(14)24-11)21(23)16-8-13-5-3-2-4-12(13)7-15(16)20(17)22/h2-10H,1H3. The van der Waals surface area contributed by atoms with Crippen LogP contribution in [0.25, 0.3) is 20.9 Å². The van der Waals surface area contributed by atoms with E-state index in [4.69, 9.17) is 0 Å². The normalized spacial score (nSPS) is 13.4. The number of hydrogen-bond donors (Lipinski definition) is 0. The van der Waals surface area contributed by atoms with Crippen molar-refractivity contribution in [3.63, 3.8) is 0 Å². The largest absolute Gasteiger partial charge is 0.289 e. The third-order valence-corrected chi connectivity index (χ3v) is 5.66. The van der Waals surface area contributed by atoms with Gasteiger partial charge in [-0.1, -0.05) is 24.3 Å². The highest BCUT2D eigenvalue weighted by Crippen LogP contribution is 2.35. The third kappa shape index (κ3) is 1.76. The quantitative estimate of drug-likeness (QED) is 0.394. The van der Waals surface area contributed by atoms with Gasteiger partial charge < -0.3 is 0 Å². The predicted molar refractivity (Wildman–Crippen MR) is 97.4 cm³/mol. The molecule has 0 aliphatic heterocycles. The van der Waals surface area contributed by atoms with E-state index in [2.05, 4.69) is 6.07 Å². The number of ketones is 2. The van der Waals surface area contributed by atoms with Crippen LogP contribution in [0.2, 0.25) is 0 Å². The van der Waals surface area contributed by atoms with Crippen LogP contribution in [-0.4, -0.2) is 11.6 Å². The highest BCUT2D eigenvalue weighted by atomic mass is 32.1. The summed E-state index contributed by atoms with van der Waals surface area (Å²) in [6.07, 6.45) is 0. The molecule has 0 atom stereocenters. The molecule has 0 saturated carbocycles. The molecule has 0 fully saturated rings. The van der Waals surface area contributed by atoms with Crippen LogP contribution in [0.5, 0.6) is 0 Å². The minimum Gasteiger partial charge on any atom is -0.289 e. The lowest BCUT2D eigenvalue weighted by Crippen LogP contribution is -2.20. The van der Waals surface area contributed by atoms with Crippen LogP contribution >= 0.6 is 11.3 Å². The van der Waals surface area contributed by atoms with E-state index >= 15 is 0 Å². The van der Waals surface area contributed by atoms with E-state index in [1.807, 2.05) is 55.5 Å². The Bertz CT molecular complexity index is 1110. The summed E-state index contributed by atoms with van der Waals surface area (Å²) in [6.45, 7) is 2.04. The first-order chi connectivity index (χ1) is 11.6. The van der Waals surface area contributed by atoms with Crippen LogP contribution in [0.3, 0.4) is 0 Å². The Hall–Kier alpha value is -2.78. The first-order valence-corrected chi connectivity index (χ1v) is 8.60. The van der Waals surface area contributed by atoms with Crippen molar-refractivity contribution >= 4 is 43.8 Å². The zero-order chi connectivity index (χ0) is 16.4. The van der Waals surface area contributed by atoms with E-state index in [1.54, 1.807) is 11.3 Å². The second-order valence-electron chi connectivity index (χ2n) is 6.20. The summed E-state index contributed by atoms with van der Waals surface area (Å²) in [5.74, 6) is -0.116. The molecule has 1 aliphatic carbocycles. The van der Waals surface area contributed by atoms with Gasteiger partial charge in [0.25, 0.3) is 0 Å². The molecule has 1 heterocycles. The van der Waals surface area contributed by atoms with Crippen molar-refractivity contribution in [1.82, 2.24) is 0 Å². The highest BCUT2D eigenvalue weighted by Gasteiger charge is 2.30. The first kappa shape index (κ1) is 13.6.